The summed E-state index contributed by atoms with van der Waals surface area (Å²) in [5.74, 6) is 0.310. The summed E-state index contributed by atoms with van der Waals surface area (Å²) in [6.07, 6.45) is 0. The Bertz CT molecular complexity index is 721. The van der Waals surface area contributed by atoms with Crippen molar-refractivity contribution in [3.05, 3.63) is 77.5 Å². The van der Waals surface area contributed by atoms with Gasteiger partial charge in [0.1, 0.15) is 0 Å². The van der Waals surface area contributed by atoms with Crippen LogP contribution in [0.25, 0.3) is 22.5 Å². The van der Waals surface area contributed by atoms with Gasteiger partial charge in [-0.15, -0.1) is 12.1 Å². The Hall–Kier alpha value is -2.20. The molecule has 0 fully saturated rings. The zero-order valence-electron chi connectivity index (χ0n) is 12.2. The third-order valence-corrected chi connectivity index (χ3v) is 3.76. The molecule has 0 amide bonds. The first-order valence-corrected chi connectivity index (χ1v) is 7.83. The first kappa shape index (κ1) is 17.2. The van der Waals surface area contributed by atoms with Crippen LogP contribution in [0.4, 0.5) is 5.95 Å². The van der Waals surface area contributed by atoms with Crippen molar-refractivity contribution < 1.29 is 17.1 Å². The van der Waals surface area contributed by atoms with Crippen LogP contribution in [0.15, 0.2) is 77.5 Å². The number of aromatic nitrogens is 2. The van der Waals surface area contributed by atoms with Gasteiger partial charge < -0.3 is 36.1 Å². The van der Waals surface area contributed by atoms with Gasteiger partial charge in [-0.2, -0.15) is 23.5 Å². The van der Waals surface area contributed by atoms with Gasteiger partial charge in [-0.25, -0.2) is 9.97 Å². The second-order valence-electron chi connectivity index (χ2n) is 4.64. The molecule has 0 aliphatic heterocycles. The molecule has 0 saturated carbocycles. The largest absolute Gasteiger partial charge is 0.748 e. The second-order valence-corrected chi connectivity index (χ2v) is 5.42. The minimum atomic E-state index is 0. The third kappa shape index (κ3) is 4.63. The van der Waals surface area contributed by atoms with Crippen molar-refractivity contribution in [2.45, 2.75) is 0 Å². The number of hydrogen-bond acceptors (Lipinski definition) is 4. The predicted molar refractivity (Wildman–Crippen MR) is 92.8 cm³/mol. The Labute approximate surface area is 150 Å². The SMILES string of the molecule is Nc1nc(-c2ccsc2)cc(-[c-]2cccc2)n1.[Fe].[cH-]1[cH-][cH-][cH-][cH-]1. The van der Waals surface area contributed by atoms with Gasteiger partial charge >= 0.3 is 0 Å². The van der Waals surface area contributed by atoms with E-state index in [4.69, 9.17) is 5.73 Å². The molecule has 2 heterocycles. The number of nitrogens with two attached hydrogens (primary N) is 1. The fourth-order valence-electron chi connectivity index (χ4n) is 2.04. The van der Waals surface area contributed by atoms with Crippen LogP contribution in [0.3, 0.4) is 0 Å². The maximum atomic E-state index is 5.75. The summed E-state index contributed by atoms with van der Waals surface area (Å²) in [7, 11) is 0. The molecule has 2 aromatic carbocycles. The summed E-state index contributed by atoms with van der Waals surface area (Å²) in [5.41, 5.74) is 9.63. The fourth-order valence-corrected chi connectivity index (χ4v) is 2.69. The van der Waals surface area contributed by atoms with Crippen LogP contribution >= 0.6 is 11.3 Å². The molecule has 0 spiro atoms. The van der Waals surface area contributed by atoms with E-state index in [2.05, 4.69) is 15.3 Å². The van der Waals surface area contributed by atoms with E-state index in [1.807, 2.05) is 72.1 Å². The number of nitrogens with zero attached hydrogens (tertiary/aromatic N) is 2. The normalized spacial score (nSPS) is 9.57. The van der Waals surface area contributed by atoms with Crippen molar-refractivity contribution in [1.82, 2.24) is 9.97 Å². The van der Waals surface area contributed by atoms with E-state index in [-0.39, 0.29) is 17.1 Å². The van der Waals surface area contributed by atoms with Gasteiger partial charge in [0.25, 0.3) is 0 Å². The standard InChI is InChI=1S/C13H10N3S.C5H5.Fe/c14-13-15-11(9-3-1-2-4-9)7-12(16-13)10-5-6-17-8-10;1-2-4-5-3-1;/h1-8H,(H2,14,15,16);1-5H;/q-1;-5;. The summed E-state index contributed by atoms with van der Waals surface area (Å²) >= 11 is 1.64. The topological polar surface area (TPSA) is 51.8 Å². The number of thiophene rings is 1. The maximum Gasteiger partial charge on any atom is 0.218 e. The van der Waals surface area contributed by atoms with Crippen molar-refractivity contribution in [1.29, 1.82) is 0 Å². The van der Waals surface area contributed by atoms with Gasteiger partial charge in [0, 0.05) is 28.3 Å². The summed E-state index contributed by atoms with van der Waals surface area (Å²) in [4.78, 5) is 8.52. The second kappa shape index (κ2) is 8.44. The fraction of sp³-hybridized carbons (Fsp3) is 0. The van der Waals surface area contributed by atoms with Crippen LogP contribution in [0.2, 0.25) is 0 Å². The van der Waals surface area contributed by atoms with E-state index in [1.54, 1.807) is 11.3 Å². The van der Waals surface area contributed by atoms with Gasteiger partial charge in [0.15, 0.2) is 0 Å². The van der Waals surface area contributed by atoms with Crippen molar-refractivity contribution >= 4 is 17.3 Å². The van der Waals surface area contributed by atoms with Crippen molar-refractivity contribution in [2.75, 3.05) is 5.73 Å². The summed E-state index contributed by atoms with van der Waals surface area (Å²) in [5, 5.41) is 4.08. The molecule has 4 rings (SSSR count). The quantitative estimate of drug-likeness (QED) is 0.420. The average Bonchev–Trinajstić information content (AvgIpc) is 3.31. The number of nitrogen functional groups attached to an aromatic ring is 1. The molecular weight excluding hydrogens is 346 g/mol. The molecule has 3 nitrogen and oxygen atoms in total. The number of anilines is 1. The molecular formula is C18H15FeN3S-6. The van der Waals surface area contributed by atoms with Gasteiger partial charge in [-0.05, 0) is 22.5 Å². The molecule has 2 aromatic heterocycles. The Morgan fingerprint density at radius 3 is 2.22 bits per heavy atom. The zero-order valence-corrected chi connectivity index (χ0v) is 14.2. The molecule has 5 heteroatoms. The molecule has 0 aliphatic carbocycles. The number of rotatable bonds is 2. The molecule has 0 aliphatic rings. The van der Waals surface area contributed by atoms with Gasteiger partial charge in [0.05, 0.1) is 0 Å². The number of hydrogen-bond donors (Lipinski definition) is 1. The van der Waals surface area contributed by atoms with Gasteiger partial charge in [0.2, 0.25) is 5.95 Å². The van der Waals surface area contributed by atoms with Crippen LogP contribution in [-0.2, 0) is 17.1 Å². The van der Waals surface area contributed by atoms with Crippen LogP contribution < -0.4 is 5.73 Å². The first-order valence-electron chi connectivity index (χ1n) is 6.89. The van der Waals surface area contributed by atoms with E-state index in [9.17, 15) is 0 Å². The molecule has 2 N–H and O–H groups in total. The van der Waals surface area contributed by atoms with Crippen LogP contribution in [0, 0.1) is 0 Å². The predicted octanol–water partition coefficient (Wildman–Crippen LogP) is 4.58. The van der Waals surface area contributed by atoms with Crippen molar-refractivity contribution in [3.8, 4) is 22.5 Å². The van der Waals surface area contributed by atoms with E-state index in [0.29, 0.717) is 5.95 Å². The molecule has 0 saturated heterocycles. The van der Waals surface area contributed by atoms with Crippen LogP contribution in [0.1, 0.15) is 0 Å². The first-order chi connectivity index (χ1) is 10.8. The maximum absolute atomic E-state index is 5.75. The third-order valence-electron chi connectivity index (χ3n) is 3.07. The van der Waals surface area contributed by atoms with Crippen molar-refractivity contribution in [2.24, 2.45) is 0 Å². The summed E-state index contributed by atoms with van der Waals surface area (Å²) in [6, 6.07) is 22.0. The minimum Gasteiger partial charge on any atom is -0.748 e. The monoisotopic (exact) mass is 361 g/mol. The Morgan fingerprint density at radius 2 is 1.65 bits per heavy atom. The van der Waals surface area contributed by atoms with E-state index in [1.165, 1.54) is 0 Å². The van der Waals surface area contributed by atoms with E-state index >= 15 is 0 Å². The van der Waals surface area contributed by atoms with Gasteiger partial charge in [-0.1, -0.05) is 11.6 Å². The molecule has 122 valence electrons. The average molecular weight is 361 g/mol. The molecule has 0 bridgehead atoms. The van der Waals surface area contributed by atoms with E-state index in [0.717, 1.165) is 22.5 Å². The molecule has 23 heavy (non-hydrogen) atoms. The zero-order chi connectivity index (χ0) is 15.2. The van der Waals surface area contributed by atoms with Crippen LogP contribution in [0.5, 0.6) is 0 Å². The van der Waals surface area contributed by atoms with E-state index < -0.39 is 0 Å². The molecule has 0 radical (unpaired) electrons. The Kier molecular flexibility index (Phi) is 6.29. The Balaban J connectivity index is 0.000000276. The van der Waals surface area contributed by atoms with Gasteiger partial charge in [-0.3, -0.25) is 0 Å². The van der Waals surface area contributed by atoms with Crippen LogP contribution in [-0.4, -0.2) is 9.97 Å². The smallest absolute Gasteiger partial charge is 0.218 e. The molecule has 0 unspecified atom stereocenters. The Morgan fingerprint density at radius 1 is 1.00 bits per heavy atom. The summed E-state index contributed by atoms with van der Waals surface area (Å²) < 4.78 is 0. The summed E-state index contributed by atoms with van der Waals surface area (Å²) in [6.45, 7) is 0. The minimum absolute atomic E-state index is 0. The molecule has 0 atom stereocenters. The molecule has 4 aromatic rings. The van der Waals surface area contributed by atoms with Crippen molar-refractivity contribution in [3.63, 3.8) is 0 Å².